The Morgan fingerprint density at radius 1 is 0.750 bits per heavy atom. The Balaban J connectivity index is 1.70. The second-order valence-corrected chi connectivity index (χ2v) is 10.7. The molecule has 168 valence electrons. The van der Waals surface area contributed by atoms with Gasteiger partial charge in [0.1, 0.15) is 19.0 Å². The maximum atomic E-state index is 12.3. The van der Waals surface area contributed by atoms with Gasteiger partial charge in [-0.25, -0.2) is 19.7 Å². The van der Waals surface area contributed by atoms with E-state index in [1.165, 1.54) is 12.1 Å². The quantitative estimate of drug-likeness (QED) is 0.198. The largest absolute Gasteiger partial charge is 0.490 e. The van der Waals surface area contributed by atoms with Gasteiger partial charge < -0.3 is 9.47 Å². The lowest BCUT2D eigenvalue weighted by Crippen LogP contribution is -2.16. The van der Waals surface area contributed by atoms with Gasteiger partial charge in [0.2, 0.25) is 7.59 Å². The average molecular weight is 556 g/mol. The first kappa shape index (κ1) is 25.1. The highest BCUT2D eigenvalue weighted by molar-refractivity contribution is 6.67. The maximum absolute atomic E-state index is 12.3. The summed E-state index contributed by atoms with van der Waals surface area (Å²) in [6, 6.07) is 15.4. The van der Waals surface area contributed by atoms with Gasteiger partial charge >= 0.3 is 5.97 Å². The van der Waals surface area contributed by atoms with E-state index in [-0.39, 0.29) is 30.7 Å². The van der Waals surface area contributed by atoms with Crippen LogP contribution in [0.4, 0.5) is 0 Å². The van der Waals surface area contributed by atoms with E-state index in [9.17, 15) is 4.79 Å². The van der Waals surface area contributed by atoms with Crippen LogP contribution in [0.3, 0.4) is 0 Å². The molecule has 0 fully saturated rings. The predicted octanol–water partition coefficient (Wildman–Crippen LogP) is 6.43. The first-order valence-electron chi connectivity index (χ1n) is 8.90. The van der Waals surface area contributed by atoms with Gasteiger partial charge in [0, 0.05) is 5.56 Å². The third-order valence-corrected chi connectivity index (χ3v) is 4.86. The topological polar surface area (TPSA) is 74.2 Å². The number of ether oxygens (including phenoxy) is 2. The highest BCUT2D eigenvalue weighted by Crippen LogP contribution is 2.40. The number of halogens is 6. The van der Waals surface area contributed by atoms with Crippen LogP contribution in [0, 0.1) is 0 Å². The molecular formula is C20H13Cl6N3O3. The highest BCUT2D eigenvalue weighted by atomic mass is 35.6. The monoisotopic (exact) mass is 553 g/mol. The van der Waals surface area contributed by atoms with Crippen LogP contribution in [0.1, 0.15) is 22.0 Å². The third kappa shape index (κ3) is 6.98. The number of para-hydroxylation sites is 1. The molecule has 0 saturated carbocycles. The van der Waals surface area contributed by atoms with Crippen molar-refractivity contribution in [1.82, 2.24) is 15.0 Å². The lowest BCUT2D eigenvalue weighted by molar-refractivity contribution is 0.0450. The van der Waals surface area contributed by atoms with Gasteiger partial charge in [0.05, 0.1) is 5.56 Å². The Morgan fingerprint density at radius 3 is 1.84 bits per heavy atom. The van der Waals surface area contributed by atoms with Crippen LogP contribution in [0.25, 0.3) is 11.4 Å². The van der Waals surface area contributed by atoms with Crippen molar-refractivity contribution in [3.63, 3.8) is 0 Å². The molecule has 0 aliphatic carbocycles. The van der Waals surface area contributed by atoms with Crippen LogP contribution in [-0.2, 0) is 12.3 Å². The minimum Gasteiger partial charge on any atom is -0.490 e. The maximum Gasteiger partial charge on any atom is 0.338 e. The fraction of sp³-hybridized carbons (Fsp3) is 0.200. The summed E-state index contributed by atoms with van der Waals surface area (Å²) in [5.74, 6) is -0.160. The van der Waals surface area contributed by atoms with Gasteiger partial charge in [-0.1, -0.05) is 99.9 Å². The number of carbonyl (C=O) groups is 1. The molecule has 0 radical (unpaired) electrons. The zero-order valence-corrected chi connectivity index (χ0v) is 20.5. The van der Waals surface area contributed by atoms with Gasteiger partial charge in [-0.2, -0.15) is 0 Å². The van der Waals surface area contributed by atoms with Gasteiger partial charge in [-0.05, 0) is 24.3 Å². The smallest absolute Gasteiger partial charge is 0.338 e. The summed E-state index contributed by atoms with van der Waals surface area (Å²) < 4.78 is 6.77. The molecule has 3 aromatic rings. The van der Waals surface area contributed by atoms with E-state index >= 15 is 0 Å². The van der Waals surface area contributed by atoms with E-state index in [1.807, 2.05) is 30.3 Å². The summed E-state index contributed by atoms with van der Waals surface area (Å²) >= 11 is 35.3. The summed E-state index contributed by atoms with van der Waals surface area (Å²) in [6.45, 7) is 0.306. The normalized spacial score (nSPS) is 11.8. The van der Waals surface area contributed by atoms with Gasteiger partial charge in [0.15, 0.2) is 17.5 Å². The molecule has 1 aromatic heterocycles. The highest BCUT2D eigenvalue weighted by Gasteiger charge is 2.34. The number of benzene rings is 2. The number of esters is 1. The van der Waals surface area contributed by atoms with E-state index in [1.54, 1.807) is 12.1 Å². The molecule has 12 heteroatoms. The number of carbonyl (C=O) groups excluding carboxylic acids is 1. The SMILES string of the molecule is O=C(OCCOc1ccccc1)c1ccc(-c2nc(C(Cl)(Cl)Cl)nc(C(Cl)(Cl)Cl)n2)cc1. The molecule has 0 spiro atoms. The molecule has 32 heavy (non-hydrogen) atoms. The molecule has 2 aromatic carbocycles. The van der Waals surface area contributed by atoms with E-state index < -0.39 is 13.6 Å². The molecule has 0 aliphatic heterocycles. The van der Waals surface area contributed by atoms with E-state index in [2.05, 4.69) is 15.0 Å². The Hall–Kier alpha value is -1.54. The number of rotatable bonds is 6. The number of alkyl halides is 6. The van der Waals surface area contributed by atoms with Crippen molar-refractivity contribution >= 4 is 75.6 Å². The lowest BCUT2D eigenvalue weighted by Gasteiger charge is -2.15. The zero-order valence-electron chi connectivity index (χ0n) is 15.9. The molecule has 0 amide bonds. The number of nitrogens with zero attached hydrogens (tertiary/aromatic N) is 3. The predicted molar refractivity (Wildman–Crippen MR) is 126 cm³/mol. The first-order valence-corrected chi connectivity index (χ1v) is 11.2. The summed E-state index contributed by atoms with van der Waals surface area (Å²) in [7, 11) is 0. The van der Waals surface area contributed by atoms with Gasteiger partial charge in [-0.3, -0.25) is 0 Å². The number of hydrogen-bond donors (Lipinski definition) is 0. The van der Waals surface area contributed by atoms with E-state index in [4.69, 9.17) is 79.1 Å². The minimum absolute atomic E-state index is 0.0855. The molecule has 0 saturated heterocycles. The summed E-state index contributed by atoms with van der Waals surface area (Å²) in [5.41, 5.74) is 0.785. The first-order chi connectivity index (χ1) is 15.0. The van der Waals surface area contributed by atoms with Crippen molar-refractivity contribution in [2.75, 3.05) is 13.2 Å². The van der Waals surface area contributed by atoms with Crippen LogP contribution in [-0.4, -0.2) is 34.1 Å². The van der Waals surface area contributed by atoms with Crippen LogP contribution in [0.2, 0.25) is 0 Å². The Labute approximate surface area is 213 Å². The average Bonchev–Trinajstić information content (AvgIpc) is 2.76. The second-order valence-electron chi connectivity index (χ2n) is 6.18. The summed E-state index contributed by atoms with van der Waals surface area (Å²) in [5, 5.41) is 0. The number of hydrogen-bond acceptors (Lipinski definition) is 6. The standard InChI is InChI=1S/C20H13Cl6N3O3/c21-19(22,23)17-27-15(28-18(29-17)20(24,25)26)12-6-8-13(9-7-12)16(30)32-11-10-31-14-4-2-1-3-5-14/h1-9H,10-11H2. The molecule has 0 atom stereocenters. The van der Waals surface area contributed by atoms with Crippen LogP contribution in [0.15, 0.2) is 54.6 Å². The fourth-order valence-electron chi connectivity index (χ4n) is 2.41. The van der Waals surface area contributed by atoms with Crippen molar-refractivity contribution in [2.45, 2.75) is 7.59 Å². The van der Waals surface area contributed by atoms with E-state index in [0.29, 0.717) is 16.9 Å². The third-order valence-electron chi connectivity index (χ3n) is 3.85. The van der Waals surface area contributed by atoms with Crippen LogP contribution >= 0.6 is 69.6 Å². The zero-order chi connectivity index (χ0) is 23.4. The molecule has 1 heterocycles. The molecular weight excluding hydrogens is 543 g/mol. The molecule has 0 N–H and O–H groups in total. The molecule has 0 unspecified atom stereocenters. The van der Waals surface area contributed by atoms with Crippen molar-refractivity contribution in [2.24, 2.45) is 0 Å². The van der Waals surface area contributed by atoms with Gasteiger partial charge in [-0.15, -0.1) is 0 Å². The Morgan fingerprint density at radius 2 is 1.31 bits per heavy atom. The molecule has 3 rings (SSSR count). The lowest BCUT2D eigenvalue weighted by atomic mass is 10.1. The fourth-order valence-corrected chi connectivity index (χ4v) is 2.91. The summed E-state index contributed by atoms with van der Waals surface area (Å²) in [4.78, 5) is 24.4. The molecule has 0 bridgehead atoms. The molecule has 6 nitrogen and oxygen atoms in total. The Kier molecular flexibility index (Phi) is 8.31. The van der Waals surface area contributed by atoms with Crippen LogP contribution in [0.5, 0.6) is 5.75 Å². The van der Waals surface area contributed by atoms with Crippen molar-refractivity contribution in [3.8, 4) is 17.1 Å². The number of aromatic nitrogens is 3. The summed E-state index contributed by atoms with van der Waals surface area (Å²) in [6.07, 6.45) is 0. The minimum atomic E-state index is -1.96. The van der Waals surface area contributed by atoms with Crippen LogP contribution < -0.4 is 4.74 Å². The van der Waals surface area contributed by atoms with Crippen molar-refractivity contribution in [3.05, 3.63) is 71.8 Å². The second kappa shape index (κ2) is 10.6. The van der Waals surface area contributed by atoms with Gasteiger partial charge in [0.25, 0.3) is 0 Å². The van der Waals surface area contributed by atoms with Crippen molar-refractivity contribution in [1.29, 1.82) is 0 Å². The molecule has 0 aliphatic rings. The Bertz CT molecular complexity index is 1040. The van der Waals surface area contributed by atoms with E-state index in [0.717, 1.165) is 0 Å². The van der Waals surface area contributed by atoms with Crippen molar-refractivity contribution < 1.29 is 14.3 Å².